The number of hydrogen-bond donors (Lipinski definition) is 1. The van der Waals surface area contributed by atoms with E-state index in [4.69, 9.17) is 9.72 Å². The highest BCUT2D eigenvalue weighted by Crippen LogP contribution is 2.37. The SMILES string of the molecule is COc1ccc(Cc2c(C)nc(C)nc2N2CCCN(C(=O)Nc3cc(C(F)(F)F)cc(C(F)(F)F)c3)CC2)cc1. The standard InChI is InChI=1S/C28H29F6N5O2/c1-17-24(13-19-5-7-23(41-3)8-6-19)25(36-18(2)35-17)38-9-4-10-39(12-11-38)26(40)37-22-15-20(27(29,30)31)14-21(16-22)28(32,33)34/h5-8,14-16H,4,9-13H2,1-3H3,(H,37,40). The second-order valence-corrected chi connectivity index (χ2v) is 9.74. The van der Waals surface area contributed by atoms with Crippen molar-refractivity contribution in [1.29, 1.82) is 0 Å². The van der Waals surface area contributed by atoms with Gasteiger partial charge in [0.15, 0.2) is 0 Å². The van der Waals surface area contributed by atoms with Gasteiger partial charge >= 0.3 is 18.4 Å². The molecule has 2 aromatic carbocycles. The number of halogens is 6. The van der Waals surface area contributed by atoms with Crippen molar-refractivity contribution in [2.24, 2.45) is 0 Å². The third-order valence-corrected chi connectivity index (χ3v) is 6.77. The molecule has 41 heavy (non-hydrogen) atoms. The minimum absolute atomic E-state index is 0.0225. The van der Waals surface area contributed by atoms with Crippen LogP contribution in [0.5, 0.6) is 5.75 Å². The summed E-state index contributed by atoms with van der Waals surface area (Å²) in [6, 6.07) is 7.86. The maximum absolute atomic E-state index is 13.2. The van der Waals surface area contributed by atoms with E-state index in [-0.39, 0.29) is 19.2 Å². The molecule has 1 aromatic heterocycles. The molecule has 1 aliphatic rings. The van der Waals surface area contributed by atoms with Crippen molar-refractivity contribution < 1.29 is 35.9 Å². The predicted octanol–water partition coefficient (Wildman–Crippen LogP) is 6.47. The van der Waals surface area contributed by atoms with Crippen LogP contribution >= 0.6 is 0 Å². The van der Waals surface area contributed by atoms with E-state index in [1.165, 1.54) is 4.90 Å². The number of ether oxygens (including phenoxy) is 1. The second kappa shape index (κ2) is 11.8. The highest BCUT2D eigenvalue weighted by Gasteiger charge is 2.37. The van der Waals surface area contributed by atoms with Crippen LogP contribution in [0, 0.1) is 13.8 Å². The van der Waals surface area contributed by atoms with Crippen LogP contribution < -0.4 is 15.0 Å². The van der Waals surface area contributed by atoms with Crippen LogP contribution in [0.4, 0.5) is 42.6 Å². The Hall–Kier alpha value is -4.03. The van der Waals surface area contributed by atoms with Crippen molar-refractivity contribution in [3.8, 4) is 5.75 Å². The molecule has 0 unspecified atom stereocenters. The normalized spacial score (nSPS) is 14.6. The Balaban J connectivity index is 1.52. The Morgan fingerprint density at radius 2 is 1.54 bits per heavy atom. The number of aromatic nitrogens is 2. The maximum atomic E-state index is 13.2. The lowest BCUT2D eigenvalue weighted by Crippen LogP contribution is -2.38. The smallest absolute Gasteiger partial charge is 0.416 e. The molecular weight excluding hydrogens is 552 g/mol. The summed E-state index contributed by atoms with van der Waals surface area (Å²) in [7, 11) is 1.59. The topological polar surface area (TPSA) is 70.6 Å². The molecule has 1 N–H and O–H groups in total. The van der Waals surface area contributed by atoms with Gasteiger partial charge in [-0.3, -0.25) is 0 Å². The molecule has 0 bridgehead atoms. The van der Waals surface area contributed by atoms with Gasteiger partial charge in [0.25, 0.3) is 0 Å². The van der Waals surface area contributed by atoms with E-state index in [1.807, 2.05) is 36.1 Å². The molecule has 0 aliphatic carbocycles. The number of carbonyl (C=O) groups excluding carboxylic acids is 1. The van der Waals surface area contributed by atoms with Crippen molar-refractivity contribution in [3.63, 3.8) is 0 Å². The summed E-state index contributed by atoms with van der Waals surface area (Å²) in [5.74, 6) is 2.04. The molecule has 0 atom stereocenters. The summed E-state index contributed by atoms with van der Waals surface area (Å²) in [6.45, 7) is 5.02. The Morgan fingerprint density at radius 3 is 2.12 bits per heavy atom. The fourth-order valence-electron chi connectivity index (χ4n) is 4.70. The molecule has 13 heteroatoms. The van der Waals surface area contributed by atoms with E-state index in [0.717, 1.165) is 28.4 Å². The molecular formula is C28H29F6N5O2. The molecule has 0 radical (unpaired) electrons. The summed E-state index contributed by atoms with van der Waals surface area (Å²) < 4.78 is 84.6. The molecule has 4 rings (SSSR count). The van der Waals surface area contributed by atoms with Crippen LogP contribution in [0.1, 0.15) is 40.2 Å². The van der Waals surface area contributed by atoms with Gasteiger partial charge in [-0.2, -0.15) is 26.3 Å². The van der Waals surface area contributed by atoms with E-state index in [2.05, 4.69) is 10.3 Å². The molecule has 0 saturated carbocycles. The molecule has 2 amide bonds. The number of anilines is 2. The van der Waals surface area contributed by atoms with Crippen LogP contribution in [-0.2, 0) is 18.8 Å². The van der Waals surface area contributed by atoms with Gasteiger partial charge in [0, 0.05) is 49.5 Å². The summed E-state index contributed by atoms with van der Waals surface area (Å²) in [6.07, 6.45) is -8.96. The molecule has 220 valence electrons. The maximum Gasteiger partial charge on any atom is 0.416 e. The van der Waals surface area contributed by atoms with Gasteiger partial charge in [-0.25, -0.2) is 14.8 Å². The van der Waals surface area contributed by atoms with Gasteiger partial charge in [0.1, 0.15) is 17.4 Å². The summed E-state index contributed by atoms with van der Waals surface area (Å²) in [5, 5.41) is 2.22. The first-order chi connectivity index (χ1) is 19.2. The lowest BCUT2D eigenvalue weighted by atomic mass is 10.0. The number of benzene rings is 2. The van der Waals surface area contributed by atoms with Gasteiger partial charge in [0.05, 0.1) is 18.2 Å². The molecule has 2 heterocycles. The van der Waals surface area contributed by atoms with Gasteiger partial charge in [-0.05, 0) is 56.2 Å². The van der Waals surface area contributed by atoms with Gasteiger partial charge in [-0.1, -0.05) is 12.1 Å². The van der Waals surface area contributed by atoms with Gasteiger partial charge < -0.3 is 19.9 Å². The number of amides is 2. The van der Waals surface area contributed by atoms with E-state index < -0.39 is 35.2 Å². The fourth-order valence-corrected chi connectivity index (χ4v) is 4.70. The number of rotatable bonds is 5. The highest BCUT2D eigenvalue weighted by molar-refractivity contribution is 5.89. The zero-order valence-electron chi connectivity index (χ0n) is 22.7. The number of urea groups is 1. The molecule has 0 spiro atoms. The number of methoxy groups -OCH3 is 1. The number of aryl methyl sites for hydroxylation is 2. The minimum atomic E-state index is -5.01. The van der Waals surface area contributed by atoms with Gasteiger partial charge in [0.2, 0.25) is 0 Å². The summed E-state index contributed by atoms with van der Waals surface area (Å²) in [4.78, 5) is 25.6. The minimum Gasteiger partial charge on any atom is -0.497 e. The highest BCUT2D eigenvalue weighted by atomic mass is 19.4. The number of nitrogens with zero attached hydrogens (tertiary/aromatic N) is 4. The zero-order chi connectivity index (χ0) is 29.9. The number of alkyl halides is 6. The summed E-state index contributed by atoms with van der Waals surface area (Å²) in [5.41, 5.74) is -0.818. The fraction of sp³-hybridized carbons (Fsp3) is 0.393. The third kappa shape index (κ3) is 7.39. The van der Waals surface area contributed by atoms with Crippen molar-refractivity contribution in [2.75, 3.05) is 43.5 Å². The van der Waals surface area contributed by atoms with Crippen molar-refractivity contribution in [1.82, 2.24) is 14.9 Å². The average Bonchev–Trinajstić information content (AvgIpc) is 3.16. The molecule has 1 saturated heterocycles. The molecule has 1 aliphatic heterocycles. The van der Waals surface area contributed by atoms with Crippen molar-refractivity contribution in [3.05, 3.63) is 76.2 Å². The molecule has 7 nitrogen and oxygen atoms in total. The summed E-state index contributed by atoms with van der Waals surface area (Å²) >= 11 is 0. The first-order valence-corrected chi connectivity index (χ1v) is 12.8. The van der Waals surface area contributed by atoms with Crippen molar-refractivity contribution >= 4 is 17.5 Å². The first kappa shape index (κ1) is 29.9. The Morgan fingerprint density at radius 1 is 0.902 bits per heavy atom. The first-order valence-electron chi connectivity index (χ1n) is 12.8. The van der Waals surface area contributed by atoms with E-state index in [1.54, 1.807) is 14.0 Å². The van der Waals surface area contributed by atoms with E-state index in [0.29, 0.717) is 43.9 Å². The lowest BCUT2D eigenvalue weighted by molar-refractivity contribution is -0.143. The number of hydrogen-bond acceptors (Lipinski definition) is 5. The van der Waals surface area contributed by atoms with Crippen LogP contribution in [-0.4, -0.2) is 54.2 Å². The van der Waals surface area contributed by atoms with Crippen LogP contribution in [0.25, 0.3) is 0 Å². The third-order valence-electron chi connectivity index (χ3n) is 6.77. The lowest BCUT2D eigenvalue weighted by Gasteiger charge is -2.26. The van der Waals surface area contributed by atoms with Gasteiger partial charge in [-0.15, -0.1) is 0 Å². The molecule has 3 aromatic rings. The Labute approximate surface area is 233 Å². The van der Waals surface area contributed by atoms with Crippen LogP contribution in [0.3, 0.4) is 0 Å². The zero-order valence-corrected chi connectivity index (χ0v) is 22.7. The van der Waals surface area contributed by atoms with E-state index >= 15 is 0 Å². The van der Waals surface area contributed by atoms with E-state index in [9.17, 15) is 31.1 Å². The largest absolute Gasteiger partial charge is 0.497 e. The average molecular weight is 582 g/mol. The number of nitrogens with one attached hydrogen (secondary N) is 1. The molecule has 1 fully saturated rings. The quantitative estimate of drug-likeness (QED) is 0.350. The Kier molecular flexibility index (Phi) is 8.64. The monoisotopic (exact) mass is 581 g/mol. The van der Waals surface area contributed by atoms with Crippen LogP contribution in [0.15, 0.2) is 42.5 Å². The number of carbonyl (C=O) groups is 1. The Bertz CT molecular complexity index is 1360. The predicted molar refractivity (Wildman–Crippen MR) is 141 cm³/mol. The second-order valence-electron chi connectivity index (χ2n) is 9.74. The van der Waals surface area contributed by atoms with Crippen LogP contribution in [0.2, 0.25) is 0 Å². The van der Waals surface area contributed by atoms with Crippen molar-refractivity contribution in [2.45, 2.75) is 39.0 Å².